The molecule has 0 fully saturated rings. The van der Waals surface area contributed by atoms with Crippen LogP contribution in [-0.2, 0) is 13.1 Å². The number of rotatable bonds is 6. The number of nitrogens with zero attached hydrogens (tertiary/aromatic N) is 2. The molecule has 0 saturated carbocycles. The third-order valence-corrected chi connectivity index (χ3v) is 3.18. The van der Waals surface area contributed by atoms with E-state index in [-0.39, 0.29) is 6.61 Å². The van der Waals surface area contributed by atoms with Crippen molar-refractivity contribution in [2.75, 3.05) is 13.2 Å². The largest absolute Gasteiger partial charge is 0.395 e. The summed E-state index contributed by atoms with van der Waals surface area (Å²) in [5.74, 6) is 0. The topological polar surface area (TPSA) is 36.4 Å². The van der Waals surface area contributed by atoms with Crippen LogP contribution < -0.4 is 0 Å². The van der Waals surface area contributed by atoms with E-state index in [9.17, 15) is 5.11 Å². The first-order valence-corrected chi connectivity index (χ1v) is 6.57. The third-order valence-electron chi connectivity index (χ3n) is 3.18. The van der Waals surface area contributed by atoms with E-state index >= 15 is 0 Å². The molecule has 19 heavy (non-hydrogen) atoms. The van der Waals surface area contributed by atoms with Gasteiger partial charge in [-0.05, 0) is 24.1 Å². The molecule has 2 aromatic rings. The van der Waals surface area contributed by atoms with E-state index < -0.39 is 0 Å². The second kappa shape index (κ2) is 7.02. The van der Waals surface area contributed by atoms with Crippen LogP contribution in [-0.4, -0.2) is 28.1 Å². The second-order valence-electron chi connectivity index (χ2n) is 4.67. The van der Waals surface area contributed by atoms with E-state index in [4.69, 9.17) is 0 Å². The van der Waals surface area contributed by atoms with Gasteiger partial charge >= 0.3 is 0 Å². The van der Waals surface area contributed by atoms with Crippen molar-refractivity contribution in [1.29, 1.82) is 0 Å². The smallest absolute Gasteiger partial charge is 0.0558 e. The number of aliphatic hydroxyl groups excluding tert-OH is 1. The third kappa shape index (κ3) is 4.16. The van der Waals surface area contributed by atoms with Crippen molar-refractivity contribution < 1.29 is 5.11 Å². The molecule has 0 amide bonds. The van der Waals surface area contributed by atoms with Crippen molar-refractivity contribution in [3.05, 3.63) is 65.5 Å². The van der Waals surface area contributed by atoms with Gasteiger partial charge in [0.25, 0.3) is 0 Å². The van der Waals surface area contributed by atoms with Gasteiger partial charge in [-0.1, -0.05) is 36.4 Å². The molecule has 1 aromatic carbocycles. The minimum absolute atomic E-state index is 0.173. The predicted molar refractivity (Wildman–Crippen MR) is 76.6 cm³/mol. The monoisotopic (exact) mass is 256 g/mol. The van der Waals surface area contributed by atoms with Crippen LogP contribution in [0.1, 0.15) is 16.8 Å². The van der Waals surface area contributed by atoms with Gasteiger partial charge in [0.05, 0.1) is 6.61 Å². The fourth-order valence-corrected chi connectivity index (χ4v) is 2.12. The van der Waals surface area contributed by atoms with Gasteiger partial charge in [0.1, 0.15) is 0 Å². The molecule has 3 nitrogen and oxygen atoms in total. The number of aliphatic hydroxyl groups is 1. The highest BCUT2D eigenvalue weighted by Crippen LogP contribution is 2.11. The van der Waals surface area contributed by atoms with Crippen LogP contribution in [0.5, 0.6) is 0 Å². The maximum Gasteiger partial charge on any atom is 0.0558 e. The average Bonchev–Trinajstić information content (AvgIpc) is 2.43. The fraction of sp³-hybridized carbons (Fsp3) is 0.312. The number of aromatic nitrogens is 1. The van der Waals surface area contributed by atoms with Gasteiger partial charge in [0, 0.05) is 31.5 Å². The van der Waals surface area contributed by atoms with Gasteiger partial charge in [-0.2, -0.15) is 0 Å². The molecule has 3 heteroatoms. The van der Waals surface area contributed by atoms with Gasteiger partial charge < -0.3 is 5.11 Å². The Bertz CT molecular complexity index is 499. The standard InChI is InChI=1S/C16H20N2O/c1-14-16(8-5-9-17-14)13-18(10-11-19)12-15-6-3-2-4-7-15/h2-9,19H,10-13H2,1H3. The highest BCUT2D eigenvalue weighted by Gasteiger charge is 2.08. The summed E-state index contributed by atoms with van der Waals surface area (Å²) in [5, 5.41) is 9.20. The lowest BCUT2D eigenvalue weighted by Crippen LogP contribution is -2.26. The summed E-state index contributed by atoms with van der Waals surface area (Å²) >= 11 is 0. The molecule has 1 heterocycles. The highest BCUT2D eigenvalue weighted by molar-refractivity contribution is 5.19. The van der Waals surface area contributed by atoms with Crippen LogP contribution in [0.3, 0.4) is 0 Å². The van der Waals surface area contributed by atoms with Gasteiger partial charge in [0.15, 0.2) is 0 Å². The first-order chi connectivity index (χ1) is 9.29. The van der Waals surface area contributed by atoms with E-state index in [1.807, 2.05) is 37.4 Å². The molecule has 1 N–H and O–H groups in total. The quantitative estimate of drug-likeness (QED) is 0.862. The molecule has 0 spiro atoms. The average molecular weight is 256 g/mol. The summed E-state index contributed by atoms with van der Waals surface area (Å²) < 4.78 is 0. The Balaban J connectivity index is 2.06. The predicted octanol–water partition coefficient (Wildman–Crippen LogP) is 2.38. The van der Waals surface area contributed by atoms with Crippen LogP contribution in [0.2, 0.25) is 0 Å². The first-order valence-electron chi connectivity index (χ1n) is 6.57. The zero-order valence-electron chi connectivity index (χ0n) is 11.3. The van der Waals surface area contributed by atoms with Gasteiger partial charge in [0.2, 0.25) is 0 Å². The number of hydrogen-bond donors (Lipinski definition) is 1. The molecule has 1 aromatic heterocycles. The normalized spacial score (nSPS) is 10.9. The molecule has 0 aliphatic heterocycles. The van der Waals surface area contributed by atoms with Crippen molar-refractivity contribution >= 4 is 0 Å². The van der Waals surface area contributed by atoms with Crippen molar-refractivity contribution in [3.63, 3.8) is 0 Å². The Labute approximate surface area is 114 Å². The number of benzene rings is 1. The molecule has 0 saturated heterocycles. The molecule has 0 radical (unpaired) electrons. The van der Waals surface area contributed by atoms with Crippen LogP contribution in [0.15, 0.2) is 48.7 Å². The van der Waals surface area contributed by atoms with Crippen LogP contribution in [0.25, 0.3) is 0 Å². The molecule has 0 atom stereocenters. The summed E-state index contributed by atoms with van der Waals surface area (Å²) in [5.41, 5.74) is 3.53. The van der Waals surface area contributed by atoms with Gasteiger partial charge in [-0.15, -0.1) is 0 Å². The van der Waals surface area contributed by atoms with E-state index in [0.717, 1.165) is 18.8 Å². The lowest BCUT2D eigenvalue weighted by molar-refractivity contribution is 0.184. The van der Waals surface area contributed by atoms with Crippen LogP contribution >= 0.6 is 0 Å². The minimum Gasteiger partial charge on any atom is -0.395 e. The lowest BCUT2D eigenvalue weighted by Gasteiger charge is -2.22. The molecule has 0 aliphatic rings. The van der Waals surface area contributed by atoms with E-state index in [2.05, 4.69) is 28.1 Å². The summed E-state index contributed by atoms with van der Waals surface area (Å²) in [4.78, 5) is 6.55. The summed E-state index contributed by atoms with van der Waals surface area (Å²) in [6, 6.07) is 14.4. The van der Waals surface area contributed by atoms with Crippen molar-refractivity contribution in [2.45, 2.75) is 20.0 Å². The first kappa shape index (κ1) is 13.7. The van der Waals surface area contributed by atoms with Crippen molar-refractivity contribution in [3.8, 4) is 0 Å². The highest BCUT2D eigenvalue weighted by atomic mass is 16.3. The molecule has 0 unspecified atom stereocenters. The second-order valence-corrected chi connectivity index (χ2v) is 4.67. The summed E-state index contributed by atoms with van der Waals surface area (Å²) in [6.45, 7) is 4.52. The van der Waals surface area contributed by atoms with Crippen molar-refractivity contribution in [1.82, 2.24) is 9.88 Å². The molecule has 2 rings (SSSR count). The molecular formula is C16H20N2O. The minimum atomic E-state index is 0.173. The zero-order valence-corrected chi connectivity index (χ0v) is 11.3. The summed E-state index contributed by atoms with van der Waals surface area (Å²) in [6.07, 6.45) is 1.81. The Hall–Kier alpha value is -1.71. The summed E-state index contributed by atoms with van der Waals surface area (Å²) in [7, 11) is 0. The Morgan fingerprint density at radius 2 is 1.84 bits per heavy atom. The Morgan fingerprint density at radius 1 is 1.05 bits per heavy atom. The molecule has 0 aliphatic carbocycles. The lowest BCUT2D eigenvalue weighted by atomic mass is 10.1. The SMILES string of the molecule is Cc1ncccc1CN(CCO)Cc1ccccc1. The maximum atomic E-state index is 9.20. The Kier molecular flexibility index (Phi) is 5.07. The van der Waals surface area contributed by atoms with Crippen molar-refractivity contribution in [2.24, 2.45) is 0 Å². The fourth-order valence-electron chi connectivity index (χ4n) is 2.12. The maximum absolute atomic E-state index is 9.20. The molecule has 0 bridgehead atoms. The number of hydrogen-bond acceptors (Lipinski definition) is 3. The van der Waals surface area contributed by atoms with E-state index in [1.165, 1.54) is 11.1 Å². The Morgan fingerprint density at radius 3 is 2.53 bits per heavy atom. The van der Waals surface area contributed by atoms with E-state index in [0.29, 0.717) is 6.54 Å². The van der Waals surface area contributed by atoms with E-state index in [1.54, 1.807) is 0 Å². The van der Waals surface area contributed by atoms with Crippen LogP contribution in [0, 0.1) is 6.92 Å². The zero-order chi connectivity index (χ0) is 13.5. The molecular weight excluding hydrogens is 236 g/mol. The molecule has 100 valence electrons. The number of aryl methyl sites for hydroxylation is 1. The van der Waals surface area contributed by atoms with Gasteiger partial charge in [-0.25, -0.2) is 0 Å². The van der Waals surface area contributed by atoms with Gasteiger partial charge in [-0.3, -0.25) is 9.88 Å². The van der Waals surface area contributed by atoms with Crippen LogP contribution in [0.4, 0.5) is 0 Å². The number of pyridine rings is 1.